The van der Waals surface area contributed by atoms with E-state index in [4.69, 9.17) is 11.0 Å². The van der Waals surface area contributed by atoms with Crippen LogP contribution in [0.2, 0.25) is 0 Å². The van der Waals surface area contributed by atoms with Crippen LogP contribution in [0.4, 0.5) is 0 Å². The van der Waals surface area contributed by atoms with Gasteiger partial charge in [0.05, 0.1) is 6.07 Å². The number of nitrogens with zero attached hydrogens (tertiary/aromatic N) is 1. The van der Waals surface area contributed by atoms with Crippen LogP contribution in [0.1, 0.15) is 25.7 Å². The van der Waals surface area contributed by atoms with Crippen molar-refractivity contribution in [3.8, 4) is 6.07 Å². The standard InChI is InChI=1S/C7H12N2.ClH/c8-4-3-6-1-2-7(9)5-6;/h6-7H,1-3,5,9H2;1H. The van der Waals surface area contributed by atoms with Gasteiger partial charge < -0.3 is 5.73 Å². The molecule has 1 saturated carbocycles. The van der Waals surface area contributed by atoms with E-state index in [1.165, 1.54) is 0 Å². The van der Waals surface area contributed by atoms with Crippen molar-refractivity contribution in [3.05, 3.63) is 0 Å². The zero-order chi connectivity index (χ0) is 6.69. The summed E-state index contributed by atoms with van der Waals surface area (Å²) in [7, 11) is 0. The average Bonchev–Trinajstić information content (AvgIpc) is 2.17. The van der Waals surface area contributed by atoms with E-state index in [1.54, 1.807) is 0 Å². The van der Waals surface area contributed by atoms with Gasteiger partial charge in [-0.05, 0) is 25.2 Å². The fourth-order valence-electron chi connectivity index (χ4n) is 1.43. The van der Waals surface area contributed by atoms with Gasteiger partial charge in [0, 0.05) is 12.5 Å². The highest BCUT2D eigenvalue weighted by molar-refractivity contribution is 5.85. The molecule has 2 unspecified atom stereocenters. The summed E-state index contributed by atoms with van der Waals surface area (Å²) < 4.78 is 0. The number of hydrogen-bond donors (Lipinski definition) is 1. The highest BCUT2D eigenvalue weighted by Crippen LogP contribution is 2.26. The van der Waals surface area contributed by atoms with Crippen LogP contribution in [0.25, 0.3) is 0 Å². The summed E-state index contributed by atoms with van der Waals surface area (Å²) in [6.45, 7) is 0. The topological polar surface area (TPSA) is 49.8 Å². The molecule has 1 aliphatic carbocycles. The summed E-state index contributed by atoms with van der Waals surface area (Å²) in [4.78, 5) is 0. The molecule has 0 radical (unpaired) electrons. The Bertz CT molecular complexity index is 130. The molecule has 0 aromatic rings. The first-order valence-corrected chi connectivity index (χ1v) is 3.45. The van der Waals surface area contributed by atoms with Gasteiger partial charge in [0.1, 0.15) is 0 Å². The minimum absolute atomic E-state index is 0. The zero-order valence-electron chi connectivity index (χ0n) is 5.92. The van der Waals surface area contributed by atoms with E-state index < -0.39 is 0 Å². The third-order valence-corrected chi connectivity index (χ3v) is 1.96. The van der Waals surface area contributed by atoms with E-state index in [1.807, 2.05) is 0 Å². The Balaban J connectivity index is 0.000000810. The third kappa shape index (κ3) is 2.55. The summed E-state index contributed by atoms with van der Waals surface area (Å²) >= 11 is 0. The summed E-state index contributed by atoms with van der Waals surface area (Å²) in [6, 6.07) is 2.55. The largest absolute Gasteiger partial charge is 0.328 e. The van der Waals surface area contributed by atoms with Crippen molar-refractivity contribution in [2.75, 3.05) is 0 Å². The van der Waals surface area contributed by atoms with Gasteiger partial charge >= 0.3 is 0 Å². The third-order valence-electron chi connectivity index (χ3n) is 1.96. The smallest absolute Gasteiger partial charge is 0.0624 e. The van der Waals surface area contributed by atoms with Gasteiger partial charge in [-0.3, -0.25) is 0 Å². The summed E-state index contributed by atoms with van der Waals surface area (Å²) in [5.41, 5.74) is 5.65. The maximum atomic E-state index is 8.32. The van der Waals surface area contributed by atoms with Crippen LogP contribution in [-0.4, -0.2) is 6.04 Å². The molecule has 3 heteroatoms. The number of hydrogen-bond acceptors (Lipinski definition) is 2. The van der Waals surface area contributed by atoms with Crippen LogP contribution in [-0.2, 0) is 0 Å². The molecule has 2 atom stereocenters. The molecule has 0 bridgehead atoms. The van der Waals surface area contributed by atoms with Gasteiger partial charge in [-0.25, -0.2) is 0 Å². The number of nitrogens with two attached hydrogens (primary N) is 1. The second-order valence-electron chi connectivity index (χ2n) is 2.80. The molecule has 0 aliphatic heterocycles. The van der Waals surface area contributed by atoms with Gasteiger partial charge in [-0.2, -0.15) is 5.26 Å². The van der Waals surface area contributed by atoms with E-state index in [0.717, 1.165) is 19.3 Å². The van der Waals surface area contributed by atoms with Crippen LogP contribution in [0, 0.1) is 17.2 Å². The molecule has 58 valence electrons. The molecule has 0 saturated heterocycles. The van der Waals surface area contributed by atoms with Crippen LogP contribution in [0.5, 0.6) is 0 Å². The van der Waals surface area contributed by atoms with Crippen molar-refractivity contribution >= 4 is 12.4 Å². The molecule has 0 amide bonds. The Labute approximate surface area is 67.8 Å². The Morgan fingerprint density at radius 1 is 1.50 bits per heavy atom. The second-order valence-corrected chi connectivity index (χ2v) is 2.80. The van der Waals surface area contributed by atoms with Crippen LogP contribution >= 0.6 is 12.4 Å². The van der Waals surface area contributed by atoms with Crippen molar-refractivity contribution < 1.29 is 0 Å². The Hall–Kier alpha value is -0.260. The van der Waals surface area contributed by atoms with Crippen molar-refractivity contribution in [2.45, 2.75) is 31.7 Å². The zero-order valence-corrected chi connectivity index (χ0v) is 6.73. The second kappa shape index (κ2) is 4.54. The molecule has 0 heterocycles. The monoisotopic (exact) mass is 160 g/mol. The molecule has 2 N–H and O–H groups in total. The number of rotatable bonds is 1. The Kier molecular flexibility index (Phi) is 4.42. The maximum absolute atomic E-state index is 8.32. The van der Waals surface area contributed by atoms with E-state index in [9.17, 15) is 0 Å². The van der Waals surface area contributed by atoms with Gasteiger partial charge in [0.25, 0.3) is 0 Å². The molecule has 0 aromatic carbocycles. The molecule has 1 fully saturated rings. The average molecular weight is 161 g/mol. The number of nitriles is 1. The summed E-state index contributed by atoms with van der Waals surface area (Å²) in [6.07, 6.45) is 4.04. The van der Waals surface area contributed by atoms with Crippen LogP contribution in [0.15, 0.2) is 0 Å². The van der Waals surface area contributed by atoms with Crippen LogP contribution in [0.3, 0.4) is 0 Å². The molecule has 10 heavy (non-hydrogen) atoms. The van der Waals surface area contributed by atoms with Gasteiger partial charge in [0.15, 0.2) is 0 Å². The molecule has 1 aliphatic rings. The Morgan fingerprint density at radius 3 is 2.60 bits per heavy atom. The van der Waals surface area contributed by atoms with E-state index >= 15 is 0 Å². The van der Waals surface area contributed by atoms with Crippen molar-refractivity contribution in [3.63, 3.8) is 0 Å². The van der Waals surface area contributed by atoms with E-state index in [0.29, 0.717) is 18.4 Å². The first-order valence-electron chi connectivity index (χ1n) is 3.45. The van der Waals surface area contributed by atoms with E-state index in [2.05, 4.69) is 6.07 Å². The predicted octanol–water partition coefficient (Wildman–Crippen LogP) is 1.45. The fourth-order valence-corrected chi connectivity index (χ4v) is 1.43. The molecular formula is C7H13ClN2. The lowest BCUT2D eigenvalue weighted by Crippen LogP contribution is -2.14. The lowest BCUT2D eigenvalue weighted by molar-refractivity contribution is 0.551. The van der Waals surface area contributed by atoms with Crippen LogP contribution < -0.4 is 5.73 Å². The van der Waals surface area contributed by atoms with Crippen molar-refractivity contribution in [1.29, 1.82) is 5.26 Å². The first kappa shape index (κ1) is 9.74. The first-order chi connectivity index (χ1) is 4.33. The van der Waals surface area contributed by atoms with Gasteiger partial charge in [-0.1, -0.05) is 0 Å². The molecule has 0 aromatic heterocycles. The minimum atomic E-state index is 0. The molecule has 0 spiro atoms. The maximum Gasteiger partial charge on any atom is 0.0624 e. The predicted molar refractivity (Wildman–Crippen MR) is 42.8 cm³/mol. The Morgan fingerprint density at radius 2 is 2.20 bits per heavy atom. The van der Waals surface area contributed by atoms with Crippen molar-refractivity contribution in [1.82, 2.24) is 0 Å². The lowest BCUT2D eigenvalue weighted by atomic mass is 10.1. The minimum Gasteiger partial charge on any atom is -0.328 e. The highest BCUT2D eigenvalue weighted by Gasteiger charge is 2.20. The van der Waals surface area contributed by atoms with Gasteiger partial charge in [-0.15, -0.1) is 12.4 Å². The SMILES string of the molecule is Cl.N#CCC1CCC(N)C1. The summed E-state index contributed by atoms with van der Waals surface area (Å²) in [5, 5.41) is 8.32. The fraction of sp³-hybridized carbons (Fsp3) is 0.857. The van der Waals surface area contributed by atoms with Gasteiger partial charge in [0.2, 0.25) is 0 Å². The molecule has 2 nitrogen and oxygen atoms in total. The highest BCUT2D eigenvalue weighted by atomic mass is 35.5. The quantitative estimate of drug-likeness (QED) is 0.631. The number of halogens is 1. The van der Waals surface area contributed by atoms with Crippen molar-refractivity contribution in [2.24, 2.45) is 11.7 Å². The lowest BCUT2D eigenvalue weighted by Gasteiger charge is -2.00. The molecule has 1 rings (SSSR count). The normalized spacial score (nSPS) is 30.8. The van der Waals surface area contributed by atoms with E-state index in [-0.39, 0.29) is 12.4 Å². The molecular weight excluding hydrogens is 148 g/mol. The summed E-state index contributed by atoms with van der Waals surface area (Å²) in [5.74, 6) is 0.602.